The number of phenolic OH excluding ortho intramolecular Hbond substituents is 1. The van der Waals surface area contributed by atoms with Crippen molar-refractivity contribution in [2.24, 2.45) is 29.4 Å². The molecule has 0 radical (unpaired) electrons. The number of carbonyl (C=O) groups excluding carboxylic acids is 5. The molecule has 1 amide bonds. The number of benzene rings is 1. The van der Waals surface area contributed by atoms with Crippen molar-refractivity contribution in [3.63, 3.8) is 0 Å². The molecule has 2 fully saturated rings. The highest BCUT2D eigenvalue weighted by Crippen LogP contribution is 2.50. The molecule has 2 saturated carbocycles. The van der Waals surface area contributed by atoms with Gasteiger partial charge in [0.05, 0.1) is 11.5 Å². The van der Waals surface area contributed by atoms with E-state index in [1.165, 1.54) is 6.07 Å². The fourth-order valence-electron chi connectivity index (χ4n) is 5.54. The minimum Gasteiger partial charge on any atom is -0.507 e. The molecule has 31 heavy (non-hydrogen) atoms. The summed E-state index contributed by atoms with van der Waals surface area (Å²) in [7, 11) is 0. The highest BCUT2D eigenvalue weighted by molar-refractivity contribution is 6.31. The molecule has 0 aromatic heterocycles. The van der Waals surface area contributed by atoms with Gasteiger partial charge in [0.2, 0.25) is 5.91 Å². The Morgan fingerprint density at radius 3 is 2.48 bits per heavy atom. The third-order valence-electron chi connectivity index (χ3n) is 6.99. The molecule has 9 nitrogen and oxygen atoms in total. The number of Topliss-reactive ketones (excluding diaryl/α,β-unsaturated/α-hetero) is 4. The number of carbonyl (C=O) groups is 5. The van der Waals surface area contributed by atoms with E-state index in [9.17, 15) is 34.2 Å². The highest BCUT2D eigenvalue weighted by Gasteiger charge is 2.66. The Labute approximate surface area is 177 Å². The van der Waals surface area contributed by atoms with Crippen molar-refractivity contribution in [1.82, 2.24) is 0 Å². The third kappa shape index (κ3) is 2.95. The quantitative estimate of drug-likeness (QED) is 0.453. The van der Waals surface area contributed by atoms with E-state index < -0.39 is 58.3 Å². The van der Waals surface area contributed by atoms with Crippen LogP contribution in [0.1, 0.15) is 40.7 Å². The summed E-state index contributed by atoms with van der Waals surface area (Å²) in [5, 5.41) is 30.6. The summed E-state index contributed by atoms with van der Waals surface area (Å²) >= 11 is 0. The van der Waals surface area contributed by atoms with Crippen LogP contribution in [0.5, 0.6) is 5.75 Å². The van der Waals surface area contributed by atoms with E-state index in [0.29, 0.717) is 18.4 Å². The minimum absolute atomic E-state index is 0.0159. The van der Waals surface area contributed by atoms with Crippen LogP contribution in [-0.4, -0.2) is 56.6 Å². The number of hydrogen-bond donors (Lipinski definition) is 4. The number of aryl methyl sites for hydroxylation is 1. The second-order valence-electron chi connectivity index (χ2n) is 8.66. The lowest BCUT2D eigenvalue weighted by Gasteiger charge is -2.48. The van der Waals surface area contributed by atoms with Gasteiger partial charge in [0, 0.05) is 18.9 Å². The molecule has 0 aliphatic heterocycles. The predicted molar refractivity (Wildman–Crippen MR) is 104 cm³/mol. The second kappa shape index (κ2) is 7.35. The number of ketones is 4. The van der Waals surface area contributed by atoms with E-state index in [2.05, 4.69) is 0 Å². The Balaban J connectivity index is 1.78. The van der Waals surface area contributed by atoms with E-state index in [1.807, 2.05) is 0 Å². The number of fused-ring (bicyclic) bond motifs is 3. The number of hydrogen-bond acceptors (Lipinski definition) is 8. The molecule has 0 spiro atoms. The molecule has 4 rings (SSSR count). The summed E-state index contributed by atoms with van der Waals surface area (Å²) in [6, 6.07) is 3.02. The van der Waals surface area contributed by atoms with E-state index in [4.69, 9.17) is 10.8 Å². The first-order chi connectivity index (χ1) is 14.6. The average Bonchev–Trinajstić information content (AvgIpc) is 2.70. The van der Waals surface area contributed by atoms with E-state index in [-0.39, 0.29) is 37.2 Å². The van der Waals surface area contributed by atoms with E-state index in [1.54, 1.807) is 6.07 Å². The van der Waals surface area contributed by atoms with Crippen molar-refractivity contribution < 1.29 is 39.3 Å². The van der Waals surface area contributed by atoms with Gasteiger partial charge in [-0.2, -0.15) is 0 Å². The molecule has 0 saturated heterocycles. The number of nitrogens with two attached hydrogens (primary N) is 1. The predicted octanol–water partition coefficient (Wildman–Crippen LogP) is -0.748. The highest BCUT2D eigenvalue weighted by atomic mass is 16.3. The molecular weight excluding hydrogens is 406 g/mol. The summed E-state index contributed by atoms with van der Waals surface area (Å²) in [5.41, 5.74) is 3.86. The van der Waals surface area contributed by atoms with Crippen LogP contribution in [-0.2, 0) is 32.0 Å². The van der Waals surface area contributed by atoms with Crippen LogP contribution in [0.25, 0.3) is 0 Å². The molecular formula is C22H23NO8. The molecule has 2 unspecified atom stereocenters. The van der Waals surface area contributed by atoms with Crippen LogP contribution in [0.2, 0.25) is 0 Å². The van der Waals surface area contributed by atoms with Crippen LogP contribution in [0, 0.1) is 23.7 Å². The van der Waals surface area contributed by atoms with Crippen molar-refractivity contribution in [2.75, 3.05) is 6.61 Å². The van der Waals surface area contributed by atoms with Gasteiger partial charge in [0.25, 0.3) is 0 Å². The molecule has 5 N–H and O–H groups in total. The number of amides is 1. The lowest BCUT2D eigenvalue weighted by atomic mass is 9.53. The first kappa shape index (κ1) is 21.3. The Hall–Kier alpha value is -2.91. The monoisotopic (exact) mass is 429 g/mol. The zero-order valence-corrected chi connectivity index (χ0v) is 16.7. The molecule has 164 valence electrons. The van der Waals surface area contributed by atoms with Gasteiger partial charge in [-0.25, -0.2) is 0 Å². The Morgan fingerprint density at radius 2 is 1.84 bits per heavy atom. The molecule has 0 bridgehead atoms. The molecule has 3 aliphatic rings. The normalized spacial score (nSPS) is 32.3. The lowest BCUT2D eigenvalue weighted by Crippen LogP contribution is -2.68. The summed E-state index contributed by atoms with van der Waals surface area (Å²) in [6.07, 6.45) is 0.890. The summed E-state index contributed by atoms with van der Waals surface area (Å²) < 4.78 is 0. The standard InChI is InChI=1S/C22H23NO8/c23-21(30)17-14(26)8-11-6-10-7-12-9(2-1-5-24)3-4-13(25)16(12)18(27)15(10)19(28)22(11,31)20(17)29/h3-4,10-11,15,17,24-25,31H,1-2,5-8H2,(H2,23,30)/t10-,11+,15?,17?,22+/m1/s1. The first-order valence-electron chi connectivity index (χ1n) is 10.2. The topological polar surface area (TPSA) is 172 Å². The van der Waals surface area contributed by atoms with Crippen molar-refractivity contribution in [1.29, 1.82) is 0 Å². The lowest BCUT2D eigenvalue weighted by molar-refractivity contribution is -0.175. The minimum atomic E-state index is -2.63. The SMILES string of the molecule is NC(=O)C1C(=O)C[C@@H]2C[C@@H]3Cc4c(CCCO)ccc(O)c4C(=O)C3C(=O)[C@]2(O)C1=O. The van der Waals surface area contributed by atoms with Gasteiger partial charge in [-0.3, -0.25) is 24.0 Å². The van der Waals surface area contributed by atoms with Crippen molar-refractivity contribution >= 4 is 29.0 Å². The molecule has 1 aromatic carbocycles. The first-order valence-corrected chi connectivity index (χ1v) is 10.2. The van der Waals surface area contributed by atoms with Gasteiger partial charge in [-0.1, -0.05) is 6.07 Å². The molecule has 3 aliphatic carbocycles. The van der Waals surface area contributed by atoms with Gasteiger partial charge >= 0.3 is 0 Å². The van der Waals surface area contributed by atoms with Gasteiger partial charge in [0.15, 0.2) is 34.7 Å². The van der Waals surface area contributed by atoms with Crippen LogP contribution in [0.4, 0.5) is 0 Å². The van der Waals surface area contributed by atoms with Crippen LogP contribution in [0.3, 0.4) is 0 Å². The average molecular weight is 429 g/mol. The maximum absolute atomic E-state index is 13.3. The fourth-order valence-corrected chi connectivity index (χ4v) is 5.54. The Bertz CT molecular complexity index is 1030. The van der Waals surface area contributed by atoms with E-state index in [0.717, 1.165) is 5.56 Å². The maximum atomic E-state index is 13.3. The summed E-state index contributed by atoms with van der Waals surface area (Å²) in [5.74, 6) is -10.1. The summed E-state index contributed by atoms with van der Waals surface area (Å²) in [4.78, 5) is 63.4. The number of aromatic hydroxyl groups is 1. The van der Waals surface area contributed by atoms with Crippen molar-refractivity contribution in [2.45, 2.75) is 37.7 Å². The number of phenols is 1. The molecule has 1 aromatic rings. The van der Waals surface area contributed by atoms with Gasteiger partial charge in [-0.05, 0) is 48.8 Å². The van der Waals surface area contributed by atoms with Gasteiger partial charge in [0.1, 0.15) is 5.75 Å². The molecule has 9 heteroatoms. The smallest absolute Gasteiger partial charge is 0.235 e. The van der Waals surface area contributed by atoms with Crippen LogP contribution in [0.15, 0.2) is 12.1 Å². The zero-order chi connectivity index (χ0) is 22.7. The third-order valence-corrected chi connectivity index (χ3v) is 6.99. The zero-order valence-electron chi connectivity index (χ0n) is 16.7. The van der Waals surface area contributed by atoms with Crippen molar-refractivity contribution in [3.8, 4) is 5.75 Å². The second-order valence-corrected chi connectivity index (χ2v) is 8.66. The van der Waals surface area contributed by atoms with Crippen LogP contribution < -0.4 is 5.73 Å². The number of aliphatic hydroxyl groups excluding tert-OH is 1. The molecule has 5 atom stereocenters. The van der Waals surface area contributed by atoms with Gasteiger partial charge in [-0.15, -0.1) is 0 Å². The number of aliphatic hydroxyl groups is 2. The number of primary amides is 1. The Morgan fingerprint density at radius 1 is 1.13 bits per heavy atom. The summed E-state index contributed by atoms with van der Waals surface area (Å²) in [6.45, 7) is -0.0471. The van der Waals surface area contributed by atoms with Gasteiger partial charge < -0.3 is 21.1 Å². The molecule has 0 heterocycles. The van der Waals surface area contributed by atoms with E-state index >= 15 is 0 Å². The maximum Gasteiger partial charge on any atom is 0.235 e. The Kier molecular flexibility index (Phi) is 5.06. The fraction of sp³-hybridized carbons (Fsp3) is 0.500. The number of rotatable bonds is 4. The largest absolute Gasteiger partial charge is 0.507 e. The van der Waals surface area contributed by atoms with Crippen LogP contribution >= 0.6 is 0 Å². The van der Waals surface area contributed by atoms with Crippen molar-refractivity contribution in [3.05, 3.63) is 28.8 Å².